The van der Waals surface area contributed by atoms with Gasteiger partial charge in [0, 0.05) is 16.1 Å². The van der Waals surface area contributed by atoms with E-state index in [1.807, 2.05) is 38.1 Å². The number of thiazole rings is 1. The quantitative estimate of drug-likeness (QED) is 0.560. The fraction of sp³-hybridized carbons (Fsp3) is 0.200. The zero-order valence-corrected chi connectivity index (χ0v) is 16.4. The maximum absolute atomic E-state index is 12.2. The van der Waals surface area contributed by atoms with Gasteiger partial charge in [0.25, 0.3) is 0 Å². The molecule has 0 aliphatic heterocycles. The van der Waals surface area contributed by atoms with Crippen LogP contribution in [0.5, 0.6) is 5.75 Å². The molecule has 2 aromatic carbocycles. The van der Waals surface area contributed by atoms with Gasteiger partial charge in [-0.2, -0.15) is 0 Å². The molecule has 0 saturated heterocycles. The summed E-state index contributed by atoms with van der Waals surface area (Å²) in [5.74, 6) is -0.354. The van der Waals surface area contributed by atoms with E-state index in [2.05, 4.69) is 20.4 Å². The van der Waals surface area contributed by atoms with Crippen LogP contribution in [0.2, 0.25) is 0 Å². The molecule has 3 rings (SSSR count). The van der Waals surface area contributed by atoms with Crippen molar-refractivity contribution in [3.63, 3.8) is 0 Å². The van der Waals surface area contributed by atoms with Crippen LogP contribution in [0.4, 0.5) is 23.7 Å². The number of hydrogen-bond donors (Lipinski definition) is 2. The second-order valence-corrected chi connectivity index (χ2v) is 7.31. The molecule has 0 saturated carbocycles. The molecular weight excluding hydrogens is 403 g/mol. The average molecular weight is 421 g/mol. The van der Waals surface area contributed by atoms with E-state index in [1.165, 1.54) is 23.5 Å². The number of carbonyl (C=O) groups is 1. The van der Waals surface area contributed by atoms with E-state index >= 15 is 0 Å². The molecule has 0 bridgehead atoms. The predicted octanol–water partition coefficient (Wildman–Crippen LogP) is 5.65. The molecule has 9 heteroatoms. The highest BCUT2D eigenvalue weighted by Crippen LogP contribution is 2.30. The Bertz CT molecular complexity index is 1000. The largest absolute Gasteiger partial charge is 0.573 e. The van der Waals surface area contributed by atoms with Crippen molar-refractivity contribution < 1.29 is 22.7 Å². The van der Waals surface area contributed by atoms with Gasteiger partial charge < -0.3 is 15.4 Å². The van der Waals surface area contributed by atoms with Gasteiger partial charge in [-0.25, -0.2) is 9.78 Å². The molecule has 0 atom stereocenters. The van der Waals surface area contributed by atoms with E-state index in [4.69, 9.17) is 0 Å². The Morgan fingerprint density at radius 2 is 1.79 bits per heavy atom. The molecule has 5 nitrogen and oxygen atoms in total. The first kappa shape index (κ1) is 20.7. The third-order valence-electron chi connectivity index (χ3n) is 4.02. The minimum Gasteiger partial charge on any atom is -0.406 e. The van der Waals surface area contributed by atoms with Gasteiger partial charge in [-0.1, -0.05) is 24.3 Å². The second kappa shape index (κ2) is 8.52. The van der Waals surface area contributed by atoms with E-state index in [1.54, 1.807) is 0 Å². The molecule has 0 unspecified atom stereocenters. The van der Waals surface area contributed by atoms with Gasteiger partial charge in [-0.05, 0) is 43.7 Å². The van der Waals surface area contributed by atoms with E-state index in [-0.39, 0.29) is 12.3 Å². The smallest absolute Gasteiger partial charge is 0.406 e. The Labute approximate surface area is 169 Å². The number of urea groups is 1. The van der Waals surface area contributed by atoms with Crippen molar-refractivity contribution in [2.45, 2.75) is 26.8 Å². The molecule has 2 N–H and O–H groups in total. The number of aromatic nitrogens is 1. The number of hydrogen-bond acceptors (Lipinski definition) is 4. The zero-order valence-electron chi connectivity index (χ0n) is 15.6. The first-order chi connectivity index (χ1) is 13.7. The highest BCUT2D eigenvalue weighted by molar-refractivity contribution is 7.15. The normalized spacial score (nSPS) is 11.2. The van der Waals surface area contributed by atoms with Crippen molar-refractivity contribution in [2.24, 2.45) is 0 Å². The summed E-state index contributed by atoms with van der Waals surface area (Å²) in [5, 5.41) is 6.18. The van der Waals surface area contributed by atoms with Crippen LogP contribution in [0.15, 0.2) is 48.5 Å². The lowest BCUT2D eigenvalue weighted by Gasteiger charge is -2.10. The molecule has 0 spiro atoms. The number of alkyl halides is 3. The van der Waals surface area contributed by atoms with Crippen LogP contribution in [0.25, 0.3) is 10.6 Å². The Morgan fingerprint density at radius 1 is 1.10 bits per heavy atom. The monoisotopic (exact) mass is 421 g/mol. The number of halogens is 3. The lowest BCUT2D eigenvalue weighted by atomic mass is 10.1. The van der Waals surface area contributed by atoms with Crippen molar-refractivity contribution in [1.82, 2.24) is 10.3 Å². The average Bonchev–Trinajstić information content (AvgIpc) is 3.01. The molecule has 0 aliphatic rings. The van der Waals surface area contributed by atoms with Crippen molar-refractivity contribution in [1.29, 1.82) is 0 Å². The third-order valence-corrected chi connectivity index (χ3v) is 5.21. The molecule has 0 radical (unpaired) electrons. The molecular formula is C20H18F3N3O2S. The third kappa shape index (κ3) is 5.71. The van der Waals surface area contributed by atoms with E-state index in [0.717, 1.165) is 38.8 Å². The molecule has 0 fully saturated rings. The number of nitrogens with zero attached hydrogens (tertiary/aromatic N) is 1. The van der Waals surface area contributed by atoms with Crippen LogP contribution in [0.1, 0.15) is 16.1 Å². The summed E-state index contributed by atoms with van der Waals surface area (Å²) in [6.45, 7) is 4.19. The minimum atomic E-state index is -4.75. The molecule has 152 valence electrons. The first-order valence-corrected chi connectivity index (χ1v) is 9.46. The number of anilines is 1. The van der Waals surface area contributed by atoms with E-state index in [9.17, 15) is 18.0 Å². The number of aryl methyl sites for hydroxylation is 2. The number of ether oxygens (including phenoxy) is 1. The van der Waals surface area contributed by atoms with Crippen LogP contribution in [0.3, 0.4) is 0 Å². The molecule has 0 aliphatic carbocycles. The van der Waals surface area contributed by atoms with E-state index in [0.29, 0.717) is 5.69 Å². The molecule has 1 aromatic heterocycles. The van der Waals surface area contributed by atoms with Crippen molar-refractivity contribution in [2.75, 3.05) is 5.32 Å². The standard InChI is InChI=1S/C20H18F3N3O2S/c1-12-5-3-4-6-16(12)18-25-13(2)17(29-18)11-24-19(27)26-14-7-9-15(10-8-14)28-20(21,22)23/h3-10H,11H2,1-2H3,(H2,24,26,27). The maximum atomic E-state index is 12.2. The van der Waals surface area contributed by atoms with Gasteiger partial charge in [0.1, 0.15) is 10.8 Å². The molecule has 29 heavy (non-hydrogen) atoms. The number of carbonyl (C=O) groups excluding carboxylic acids is 1. The summed E-state index contributed by atoms with van der Waals surface area (Å²) in [6, 6.07) is 12.4. The lowest BCUT2D eigenvalue weighted by molar-refractivity contribution is -0.274. The predicted molar refractivity (Wildman–Crippen MR) is 106 cm³/mol. The maximum Gasteiger partial charge on any atom is 0.573 e. The van der Waals surface area contributed by atoms with Gasteiger partial charge >= 0.3 is 12.4 Å². The first-order valence-electron chi connectivity index (χ1n) is 8.64. The summed E-state index contributed by atoms with van der Waals surface area (Å²) in [5.41, 5.74) is 3.36. The van der Waals surface area contributed by atoms with Crippen LogP contribution < -0.4 is 15.4 Å². The zero-order chi connectivity index (χ0) is 21.0. The minimum absolute atomic E-state index is 0.288. The molecule has 3 aromatic rings. The van der Waals surface area contributed by atoms with Crippen molar-refractivity contribution >= 4 is 23.1 Å². The van der Waals surface area contributed by atoms with Crippen LogP contribution in [0, 0.1) is 13.8 Å². The fourth-order valence-electron chi connectivity index (χ4n) is 2.60. The van der Waals surface area contributed by atoms with Crippen LogP contribution in [-0.2, 0) is 6.54 Å². The van der Waals surface area contributed by atoms with E-state index < -0.39 is 12.4 Å². The van der Waals surface area contributed by atoms with Crippen LogP contribution >= 0.6 is 11.3 Å². The number of nitrogens with one attached hydrogen (secondary N) is 2. The fourth-order valence-corrected chi connectivity index (χ4v) is 3.69. The number of benzene rings is 2. The Balaban J connectivity index is 1.58. The SMILES string of the molecule is Cc1ccccc1-c1nc(C)c(CNC(=O)Nc2ccc(OC(F)(F)F)cc2)s1. The van der Waals surface area contributed by atoms with Crippen molar-refractivity contribution in [3.05, 3.63) is 64.7 Å². The second-order valence-electron chi connectivity index (χ2n) is 6.22. The lowest BCUT2D eigenvalue weighted by Crippen LogP contribution is -2.28. The Morgan fingerprint density at radius 3 is 2.45 bits per heavy atom. The Kier molecular flexibility index (Phi) is 6.07. The van der Waals surface area contributed by atoms with Crippen molar-refractivity contribution in [3.8, 4) is 16.3 Å². The summed E-state index contributed by atoms with van der Waals surface area (Å²) in [7, 11) is 0. The topological polar surface area (TPSA) is 63.2 Å². The number of rotatable bonds is 5. The van der Waals surface area contributed by atoms with Crippen LogP contribution in [-0.4, -0.2) is 17.4 Å². The van der Waals surface area contributed by atoms with Gasteiger partial charge in [0.05, 0.1) is 12.2 Å². The van der Waals surface area contributed by atoms with Gasteiger partial charge in [-0.3, -0.25) is 0 Å². The van der Waals surface area contributed by atoms with Gasteiger partial charge in [0.15, 0.2) is 0 Å². The highest BCUT2D eigenvalue weighted by atomic mass is 32.1. The van der Waals surface area contributed by atoms with Gasteiger partial charge in [0.2, 0.25) is 0 Å². The Hall–Kier alpha value is -3.07. The van der Waals surface area contributed by atoms with Gasteiger partial charge in [-0.15, -0.1) is 24.5 Å². The highest BCUT2D eigenvalue weighted by Gasteiger charge is 2.30. The summed E-state index contributed by atoms with van der Waals surface area (Å²) < 4.78 is 40.3. The molecule has 1 heterocycles. The summed E-state index contributed by atoms with van der Waals surface area (Å²) >= 11 is 1.51. The molecule has 2 amide bonds. The summed E-state index contributed by atoms with van der Waals surface area (Å²) in [4.78, 5) is 17.6. The number of amides is 2. The summed E-state index contributed by atoms with van der Waals surface area (Å²) in [6.07, 6.45) is -4.75.